The van der Waals surface area contributed by atoms with Crippen LogP contribution < -0.4 is 5.32 Å². The van der Waals surface area contributed by atoms with Crippen LogP contribution in [0.1, 0.15) is 11.1 Å². The zero-order chi connectivity index (χ0) is 15.6. The van der Waals surface area contributed by atoms with Crippen LogP contribution in [0.5, 0.6) is 5.75 Å². The van der Waals surface area contributed by atoms with Crippen LogP contribution in [0, 0.1) is 17.0 Å². The first-order valence-electron chi connectivity index (χ1n) is 6.04. The third kappa shape index (κ3) is 3.74. The van der Waals surface area contributed by atoms with Crippen molar-refractivity contribution in [2.24, 2.45) is 0 Å². The van der Waals surface area contributed by atoms with Crippen LogP contribution in [-0.4, -0.2) is 10.0 Å². The van der Waals surface area contributed by atoms with Crippen LogP contribution in [-0.2, 0) is 6.54 Å². The molecule has 2 aromatic rings. The quantitative estimate of drug-likeness (QED) is 0.558. The number of nitrogens with zero attached hydrogens (tertiary/aromatic N) is 1. The molecule has 2 rings (SSSR count). The zero-order valence-electron chi connectivity index (χ0n) is 11.1. The molecule has 2 N–H and O–H groups in total. The molecular weight excluding hydrogens is 404 g/mol. The standard InChI is InChI=1S/C14H12Br2N2O3/c1-8-2-3-12(13(4-8)18(20)21)17-7-9-5-10(15)14(19)11(16)6-9/h2-6,17,19H,7H2,1H3. The Labute approximate surface area is 138 Å². The van der Waals surface area contributed by atoms with Crippen molar-refractivity contribution in [1.29, 1.82) is 0 Å². The maximum Gasteiger partial charge on any atom is 0.292 e. The summed E-state index contributed by atoms with van der Waals surface area (Å²) < 4.78 is 1.12. The molecule has 0 fully saturated rings. The van der Waals surface area contributed by atoms with E-state index in [1.54, 1.807) is 18.2 Å². The topological polar surface area (TPSA) is 75.4 Å². The van der Waals surface area contributed by atoms with Gasteiger partial charge in [0.1, 0.15) is 11.4 Å². The first-order valence-corrected chi connectivity index (χ1v) is 7.63. The van der Waals surface area contributed by atoms with Crippen LogP contribution >= 0.6 is 31.9 Å². The van der Waals surface area contributed by atoms with Crippen molar-refractivity contribution < 1.29 is 10.0 Å². The van der Waals surface area contributed by atoms with Crippen LogP contribution in [0.2, 0.25) is 0 Å². The summed E-state index contributed by atoms with van der Waals surface area (Å²) in [6.45, 7) is 2.21. The molecule has 0 bridgehead atoms. The second-order valence-corrected chi connectivity index (χ2v) is 6.25. The smallest absolute Gasteiger partial charge is 0.292 e. The Morgan fingerprint density at radius 2 is 1.86 bits per heavy atom. The molecule has 0 saturated carbocycles. The van der Waals surface area contributed by atoms with E-state index in [0.717, 1.165) is 11.1 Å². The maximum atomic E-state index is 11.1. The van der Waals surface area contributed by atoms with E-state index in [1.807, 2.05) is 13.0 Å². The van der Waals surface area contributed by atoms with Gasteiger partial charge in [-0.2, -0.15) is 0 Å². The molecule has 0 aliphatic rings. The Balaban J connectivity index is 2.22. The number of nitrogens with one attached hydrogen (secondary N) is 1. The molecular formula is C14H12Br2N2O3. The van der Waals surface area contributed by atoms with Gasteiger partial charge in [-0.15, -0.1) is 0 Å². The van der Waals surface area contributed by atoms with Gasteiger partial charge >= 0.3 is 0 Å². The molecule has 0 aliphatic heterocycles. The average Bonchev–Trinajstić information content (AvgIpc) is 2.43. The van der Waals surface area contributed by atoms with Gasteiger partial charge in [0.05, 0.1) is 13.9 Å². The maximum absolute atomic E-state index is 11.1. The summed E-state index contributed by atoms with van der Waals surface area (Å²) in [7, 11) is 0. The minimum atomic E-state index is -0.405. The Hall–Kier alpha value is -1.60. The number of phenols is 1. The highest BCUT2D eigenvalue weighted by Crippen LogP contribution is 2.34. The molecule has 0 amide bonds. The Kier molecular flexibility index (Phi) is 4.84. The van der Waals surface area contributed by atoms with Gasteiger partial charge in [-0.3, -0.25) is 10.1 Å². The van der Waals surface area contributed by atoms with E-state index < -0.39 is 4.92 Å². The lowest BCUT2D eigenvalue weighted by atomic mass is 10.1. The van der Waals surface area contributed by atoms with Crippen LogP contribution in [0.3, 0.4) is 0 Å². The van der Waals surface area contributed by atoms with Gasteiger partial charge in [0.15, 0.2) is 0 Å². The minimum Gasteiger partial charge on any atom is -0.506 e. The Morgan fingerprint density at radius 1 is 1.24 bits per heavy atom. The highest BCUT2D eigenvalue weighted by molar-refractivity contribution is 9.11. The molecule has 0 spiro atoms. The first-order chi connectivity index (χ1) is 9.88. The Bertz CT molecular complexity index is 682. The fourth-order valence-corrected chi connectivity index (χ4v) is 3.14. The van der Waals surface area contributed by atoms with E-state index in [1.165, 1.54) is 6.07 Å². The molecule has 0 heterocycles. The largest absolute Gasteiger partial charge is 0.506 e. The van der Waals surface area contributed by atoms with Crippen molar-refractivity contribution in [2.75, 3.05) is 5.32 Å². The van der Waals surface area contributed by atoms with E-state index in [0.29, 0.717) is 21.2 Å². The fourth-order valence-electron chi connectivity index (χ4n) is 1.86. The van der Waals surface area contributed by atoms with Crippen molar-refractivity contribution in [3.05, 3.63) is 60.5 Å². The second-order valence-electron chi connectivity index (χ2n) is 4.54. The van der Waals surface area contributed by atoms with Gasteiger partial charge in [-0.05, 0) is 68.1 Å². The van der Waals surface area contributed by atoms with Gasteiger partial charge in [0.25, 0.3) is 5.69 Å². The highest BCUT2D eigenvalue weighted by atomic mass is 79.9. The van der Waals surface area contributed by atoms with E-state index in [-0.39, 0.29) is 11.4 Å². The molecule has 5 nitrogen and oxygen atoms in total. The van der Waals surface area contributed by atoms with Crippen molar-refractivity contribution in [1.82, 2.24) is 0 Å². The molecule has 0 saturated heterocycles. The molecule has 110 valence electrons. The lowest BCUT2D eigenvalue weighted by Gasteiger charge is -2.10. The predicted octanol–water partition coefficient (Wildman–Crippen LogP) is 4.75. The van der Waals surface area contributed by atoms with E-state index in [4.69, 9.17) is 0 Å². The van der Waals surface area contributed by atoms with Crippen molar-refractivity contribution >= 4 is 43.2 Å². The van der Waals surface area contributed by atoms with E-state index in [9.17, 15) is 15.2 Å². The number of aromatic hydroxyl groups is 1. The highest BCUT2D eigenvalue weighted by Gasteiger charge is 2.14. The summed E-state index contributed by atoms with van der Waals surface area (Å²) >= 11 is 6.51. The number of halogens is 2. The number of anilines is 1. The number of hydrogen-bond acceptors (Lipinski definition) is 4. The number of phenolic OH excluding ortho intramolecular Hbond substituents is 1. The number of nitro groups is 1. The van der Waals surface area contributed by atoms with Gasteiger partial charge in [0, 0.05) is 12.6 Å². The van der Waals surface area contributed by atoms with E-state index in [2.05, 4.69) is 37.2 Å². The summed E-state index contributed by atoms with van der Waals surface area (Å²) in [6.07, 6.45) is 0. The minimum absolute atomic E-state index is 0.0481. The molecule has 0 aliphatic carbocycles. The van der Waals surface area contributed by atoms with Crippen molar-refractivity contribution in [3.8, 4) is 5.75 Å². The van der Waals surface area contributed by atoms with Gasteiger partial charge < -0.3 is 10.4 Å². The van der Waals surface area contributed by atoms with Crippen LogP contribution in [0.15, 0.2) is 39.3 Å². The van der Waals surface area contributed by atoms with Crippen LogP contribution in [0.4, 0.5) is 11.4 Å². The number of hydrogen-bond donors (Lipinski definition) is 2. The molecule has 7 heteroatoms. The van der Waals surface area contributed by atoms with Crippen molar-refractivity contribution in [3.63, 3.8) is 0 Å². The number of nitro benzene ring substituents is 1. The summed E-state index contributed by atoms with van der Waals surface area (Å²) in [4.78, 5) is 10.7. The Morgan fingerprint density at radius 3 is 2.43 bits per heavy atom. The first kappa shape index (κ1) is 15.8. The molecule has 21 heavy (non-hydrogen) atoms. The average molecular weight is 416 g/mol. The zero-order valence-corrected chi connectivity index (χ0v) is 14.2. The summed E-state index contributed by atoms with van der Waals surface area (Å²) in [5, 5.41) is 23.8. The number of rotatable bonds is 4. The SMILES string of the molecule is Cc1ccc(NCc2cc(Br)c(O)c(Br)c2)c([N+](=O)[O-])c1. The second kappa shape index (κ2) is 6.44. The monoisotopic (exact) mass is 414 g/mol. The van der Waals surface area contributed by atoms with Gasteiger partial charge in [0.2, 0.25) is 0 Å². The lowest BCUT2D eigenvalue weighted by Crippen LogP contribution is -2.03. The van der Waals surface area contributed by atoms with Crippen molar-refractivity contribution in [2.45, 2.75) is 13.5 Å². The molecule has 0 aromatic heterocycles. The molecule has 0 atom stereocenters. The fraction of sp³-hybridized carbons (Fsp3) is 0.143. The van der Waals surface area contributed by atoms with E-state index >= 15 is 0 Å². The predicted molar refractivity (Wildman–Crippen MR) is 88.7 cm³/mol. The summed E-state index contributed by atoms with van der Waals surface area (Å²) in [6, 6.07) is 8.56. The van der Waals surface area contributed by atoms with Gasteiger partial charge in [-0.25, -0.2) is 0 Å². The third-order valence-corrected chi connectivity index (χ3v) is 4.12. The summed E-state index contributed by atoms with van der Waals surface area (Å²) in [5.41, 5.74) is 2.22. The normalized spacial score (nSPS) is 10.4. The molecule has 0 unspecified atom stereocenters. The lowest BCUT2D eigenvalue weighted by molar-refractivity contribution is -0.384. The number of aryl methyl sites for hydroxylation is 1. The molecule has 2 aromatic carbocycles. The van der Waals surface area contributed by atoms with Gasteiger partial charge in [-0.1, -0.05) is 6.07 Å². The third-order valence-electron chi connectivity index (χ3n) is 2.91. The number of benzene rings is 2. The summed E-state index contributed by atoms with van der Waals surface area (Å²) in [5.74, 6) is 0.125. The molecule has 0 radical (unpaired) electrons. The van der Waals surface area contributed by atoms with Crippen LogP contribution in [0.25, 0.3) is 0 Å².